The van der Waals surface area contributed by atoms with Gasteiger partial charge in [-0.3, -0.25) is 9.69 Å². The second-order valence-electron chi connectivity index (χ2n) is 7.65. The fourth-order valence-electron chi connectivity index (χ4n) is 3.68. The van der Waals surface area contributed by atoms with Crippen molar-refractivity contribution in [3.8, 4) is 5.75 Å². The van der Waals surface area contributed by atoms with Crippen LogP contribution in [0.1, 0.15) is 12.5 Å². The van der Waals surface area contributed by atoms with E-state index in [0.29, 0.717) is 36.2 Å². The molecule has 0 spiro atoms. The van der Waals surface area contributed by atoms with Crippen molar-refractivity contribution < 1.29 is 19.0 Å². The van der Waals surface area contributed by atoms with E-state index in [1.807, 2.05) is 11.8 Å². The van der Waals surface area contributed by atoms with Gasteiger partial charge >= 0.3 is 0 Å². The first kappa shape index (κ1) is 23.9. The van der Waals surface area contributed by atoms with Crippen molar-refractivity contribution in [1.29, 1.82) is 0 Å². The van der Waals surface area contributed by atoms with Crippen LogP contribution in [0.4, 0.5) is 4.39 Å². The number of halogens is 2. The van der Waals surface area contributed by atoms with Gasteiger partial charge in [-0.15, -0.1) is 0 Å². The quantitative estimate of drug-likeness (QED) is 0.571. The number of nitrogens with zero attached hydrogens (tertiary/aromatic N) is 2. The summed E-state index contributed by atoms with van der Waals surface area (Å²) in [5.74, 6) is 1.76. The number of aliphatic hydroxyl groups excluding tert-OH is 1. The maximum absolute atomic E-state index is 13.3. The minimum Gasteiger partial charge on any atom is -0.484 e. The SMILES string of the molecule is C[C@@H]1CN(Cc2ccc(F)cc2)[C@@H](CSCCO)CN1C(=O)COc1ccc(Cl)cc1. The number of thioether (sulfide) groups is 1. The molecule has 1 fully saturated rings. The van der Waals surface area contributed by atoms with Crippen LogP contribution in [0.15, 0.2) is 48.5 Å². The number of amides is 1. The Morgan fingerprint density at radius 1 is 1.19 bits per heavy atom. The highest BCUT2D eigenvalue weighted by Gasteiger charge is 2.34. The first-order valence-corrected chi connectivity index (χ1v) is 11.8. The van der Waals surface area contributed by atoms with E-state index < -0.39 is 0 Å². The third-order valence-corrected chi connectivity index (χ3v) is 6.64. The van der Waals surface area contributed by atoms with E-state index >= 15 is 0 Å². The van der Waals surface area contributed by atoms with Gasteiger partial charge in [0.2, 0.25) is 0 Å². The van der Waals surface area contributed by atoms with Crippen LogP contribution in [0.2, 0.25) is 5.02 Å². The van der Waals surface area contributed by atoms with Gasteiger partial charge < -0.3 is 14.7 Å². The summed E-state index contributed by atoms with van der Waals surface area (Å²) in [5, 5.41) is 9.76. The molecule has 1 aliphatic heterocycles. The summed E-state index contributed by atoms with van der Waals surface area (Å²) < 4.78 is 18.9. The molecule has 2 atom stereocenters. The van der Waals surface area contributed by atoms with Crippen LogP contribution in [0.3, 0.4) is 0 Å². The highest BCUT2D eigenvalue weighted by molar-refractivity contribution is 7.99. The predicted molar refractivity (Wildman–Crippen MR) is 123 cm³/mol. The lowest BCUT2D eigenvalue weighted by Gasteiger charge is -2.45. The molecule has 1 saturated heterocycles. The molecule has 1 N–H and O–H groups in total. The van der Waals surface area contributed by atoms with Crippen molar-refractivity contribution in [3.05, 3.63) is 64.9 Å². The number of carbonyl (C=O) groups is 1. The molecular weight excluding hydrogens is 439 g/mol. The normalized spacial score (nSPS) is 19.4. The lowest BCUT2D eigenvalue weighted by atomic mass is 10.1. The van der Waals surface area contributed by atoms with Crippen molar-refractivity contribution >= 4 is 29.3 Å². The van der Waals surface area contributed by atoms with Crippen LogP contribution < -0.4 is 4.74 Å². The van der Waals surface area contributed by atoms with E-state index in [9.17, 15) is 9.18 Å². The molecule has 1 aliphatic rings. The molecule has 0 radical (unpaired) electrons. The average Bonchev–Trinajstić information content (AvgIpc) is 2.76. The first-order chi connectivity index (χ1) is 15.0. The van der Waals surface area contributed by atoms with E-state index in [2.05, 4.69) is 4.90 Å². The van der Waals surface area contributed by atoms with Gasteiger partial charge in [0.15, 0.2) is 6.61 Å². The highest BCUT2D eigenvalue weighted by atomic mass is 35.5. The molecule has 1 heterocycles. The van der Waals surface area contributed by atoms with Gasteiger partial charge in [-0.25, -0.2) is 4.39 Å². The van der Waals surface area contributed by atoms with E-state index in [1.165, 1.54) is 12.1 Å². The van der Waals surface area contributed by atoms with Crippen LogP contribution in [0.25, 0.3) is 0 Å². The molecule has 2 aromatic carbocycles. The lowest BCUT2D eigenvalue weighted by Crippen LogP contribution is -2.60. The summed E-state index contributed by atoms with van der Waals surface area (Å²) in [6, 6.07) is 13.7. The summed E-state index contributed by atoms with van der Waals surface area (Å²) in [6.07, 6.45) is 0. The minimum absolute atomic E-state index is 0.0273. The molecule has 0 saturated carbocycles. The summed E-state index contributed by atoms with van der Waals surface area (Å²) in [4.78, 5) is 17.1. The van der Waals surface area contributed by atoms with Crippen molar-refractivity contribution in [2.75, 3.05) is 37.8 Å². The minimum atomic E-state index is -0.247. The number of ether oxygens (including phenoxy) is 1. The zero-order valence-electron chi connectivity index (χ0n) is 17.5. The number of carbonyl (C=O) groups excluding carboxylic acids is 1. The summed E-state index contributed by atoms with van der Waals surface area (Å²) in [7, 11) is 0. The number of benzene rings is 2. The van der Waals surface area contributed by atoms with Gasteiger partial charge in [0.1, 0.15) is 11.6 Å². The molecule has 0 bridgehead atoms. The number of hydrogen-bond acceptors (Lipinski definition) is 5. The van der Waals surface area contributed by atoms with Crippen LogP contribution >= 0.6 is 23.4 Å². The van der Waals surface area contributed by atoms with Crippen molar-refractivity contribution in [1.82, 2.24) is 9.80 Å². The predicted octanol–water partition coefficient (Wildman–Crippen LogP) is 3.68. The van der Waals surface area contributed by atoms with Gasteiger partial charge in [-0.2, -0.15) is 11.8 Å². The number of piperazine rings is 1. The average molecular weight is 467 g/mol. The Kier molecular flexibility index (Phi) is 9.02. The maximum atomic E-state index is 13.3. The largest absolute Gasteiger partial charge is 0.484 e. The van der Waals surface area contributed by atoms with Gasteiger partial charge in [-0.1, -0.05) is 23.7 Å². The zero-order valence-corrected chi connectivity index (χ0v) is 19.1. The molecule has 1 amide bonds. The number of rotatable bonds is 9. The lowest BCUT2D eigenvalue weighted by molar-refractivity contribution is -0.139. The molecule has 8 heteroatoms. The van der Waals surface area contributed by atoms with Crippen LogP contribution in [0.5, 0.6) is 5.75 Å². The molecule has 31 heavy (non-hydrogen) atoms. The van der Waals surface area contributed by atoms with Crippen molar-refractivity contribution in [2.45, 2.75) is 25.6 Å². The monoisotopic (exact) mass is 466 g/mol. The second-order valence-corrected chi connectivity index (χ2v) is 9.23. The van der Waals surface area contributed by atoms with Crippen LogP contribution in [0, 0.1) is 5.82 Å². The molecule has 0 aromatic heterocycles. The van der Waals surface area contributed by atoms with Gasteiger partial charge in [0, 0.05) is 48.2 Å². The van der Waals surface area contributed by atoms with Crippen LogP contribution in [-0.2, 0) is 11.3 Å². The van der Waals surface area contributed by atoms with Crippen molar-refractivity contribution in [3.63, 3.8) is 0 Å². The molecule has 5 nitrogen and oxygen atoms in total. The molecular formula is C23H28ClFN2O3S. The Balaban J connectivity index is 1.63. The molecule has 0 unspecified atom stereocenters. The highest BCUT2D eigenvalue weighted by Crippen LogP contribution is 2.22. The fraction of sp³-hybridized carbons (Fsp3) is 0.435. The smallest absolute Gasteiger partial charge is 0.260 e. The topological polar surface area (TPSA) is 53.0 Å². The molecule has 168 valence electrons. The summed E-state index contributed by atoms with van der Waals surface area (Å²) in [6.45, 7) is 4.13. The third kappa shape index (κ3) is 7.10. The van der Waals surface area contributed by atoms with Gasteiger partial charge in [0.25, 0.3) is 5.91 Å². The van der Waals surface area contributed by atoms with E-state index in [4.69, 9.17) is 21.4 Å². The first-order valence-electron chi connectivity index (χ1n) is 10.3. The van der Waals surface area contributed by atoms with Gasteiger partial charge in [0.05, 0.1) is 6.61 Å². The fourth-order valence-corrected chi connectivity index (χ4v) is 4.69. The standard InChI is InChI=1S/C23H28ClFN2O3S/c1-17-12-26(13-18-2-6-20(25)7-3-18)21(16-31-11-10-28)14-27(17)23(29)15-30-22-8-4-19(24)5-9-22/h2-9,17,21,28H,10-16H2,1H3/t17-,21-/m1/s1. The Labute approximate surface area is 192 Å². The maximum Gasteiger partial charge on any atom is 0.260 e. The van der Waals surface area contributed by atoms with E-state index in [1.54, 1.807) is 48.2 Å². The van der Waals surface area contributed by atoms with E-state index in [-0.39, 0.29) is 37.0 Å². The number of hydrogen-bond donors (Lipinski definition) is 1. The number of aliphatic hydroxyl groups is 1. The Morgan fingerprint density at radius 3 is 2.58 bits per heavy atom. The zero-order chi connectivity index (χ0) is 22.2. The van der Waals surface area contributed by atoms with E-state index in [0.717, 1.165) is 11.3 Å². The Bertz CT molecular complexity index is 838. The molecule has 2 aromatic rings. The third-order valence-electron chi connectivity index (χ3n) is 5.30. The van der Waals surface area contributed by atoms with Gasteiger partial charge in [-0.05, 0) is 48.9 Å². The summed E-state index contributed by atoms with van der Waals surface area (Å²) >= 11 is 7.56. The Morgan fingerprint density at radius 2 is 1.90 bits per heavy atom. The Hall–Kier alpha value is -1.80. The van der Waals surface area contributed by atoms with Crippen LogP contribution in [-0.4, -0.2) is 70.7 Å². The molecule has 0 aliphatic carbocycles. The van der Waals surface area contributed by atoms with Crippen molar-refractivity contribution in [2.24, 2.45) is 0 Å². The second kappa shape index (κ2) is 11.7. The summed E-state index contributed by atoms with van der Waals surface area (Å²) in [5.41, 5.74) is 1.04. The molecule has 3 rings (SSSR count).